The van der Waals surface area contributed by atoms with E-state index in [9.17, 15) is 13.2 Å². The van der Waals surface area contributed by atoms with Gasteiger partial charge in [0.1, 0.15) is 0 Å². The minimum atomic E-state index is -3.49. The predicted octanol–water partition coefficient (Wildman–Crippen LogP) is 3.34. The quantitative estimate of drug-likeness (QED) is 0.746. The van der Waals surface area contributed by atoms with Crippen LogP contribution in [0.1, 0.15) is 24.5 Å². The molecule has 0 aliphatic rings. The van der Waals surface area contributed by atoms with Crippen LogP contribution < -0.4 is 10.0 Å². The summed E-state index contributed by atoms with van der Waals surface area (Å²) < 4.78 is 26.5. The molecule has 132 valence electrons. The summed E-state index contributed by atoms with van der Waals surface area (Å²) in [6, 6.07) is 13.9. The molecule has 0 bridgehead atoms. The van der Waals surface area contributed by atoms with Gasteiger partial charge in [0.2, 0.25) is 15.9 Å². The Hall–Kier alpha value is -2.44. The number of amides is 1. The normalized spacial score (nSPS) is 11.6. The number of carbonyl (C=O) groups excluding carboxylic acids is 1. The maximum Gasteiger partial charge on any atom is 0.248 e. The Kier molecular flexibility index (Phi) is 6.50. The van der Waals surface area contributed by atoms with Crippen molar-refractivity contribution in [1.82, 2.24) is 4.72 Å². The zero-order chi connectivity index (χ0) is 18.3. The van der Waals surface area contributed by atoms with Gasteiger partial charge in [0.15, 0.2) is 0 Å². The minimum Gasteiger partial charge on any atom is -0.323 e. The zero-order valence-corrected chi connectivity index (χ0v) is 15.1. The van der Waals surface area contributed by atoms with E-state index in [0.29, 0.717) is 12.2 Å². The number of benzene rings is 2. The van der Waals surface area contributed by atoms with Gasteiger partial charge >= 0.3 is 0 Å². The number of hydrogen-bond acceptors (Lipinski definition) is 3. The molecule has 0 heterocycles. The average molecular weight is 358 g/mol. The molecule has 0 aliphatic heterocycles. The maximum atomic E-state index is 12.0. The summed E-state index contributed by atoms with van der Waals surface area (Å²) in [5.74, 6) is -0.278. The van der Waals surface area contributed by atoms with Gasteiger partial charge < -0.3 is 5.32 Å². The van der Waals surface area contributed by atoms with Crippen LogP contribution in [0, 0.1) is 6.92 Å². The van der Waals surface area contributed by atoms with Crippen LogP contribution in [-0.4, -0.2) is 20.9 Å². The van der Waals surface area contributed by atoms with Gasteiger partial charge in [-0.15, -0.1) is 0 Å². The molecule has 5 nitrogen and oxygen atoms in total. The highest BCUT2D eigenvalue weighted by molar-refractivity contribution is 7.89. The summed E-state index contributed by atoms with van der Waals surface area (Å²) >= 11 is 0. The van der Waals surface area contributed by atoms with Crippen molar-refractivity contribution in [3.63, 3.8) is 0 Å². The van der Waals surface area contributed by atoms with Crippen molar-refractivity contribution in [2.24, 2.45) is 0 Å². The molecule has 0 spiro atoms. The third-order valence-corrected chi connectivity index (χ3v) is 4.96. The molecule has 2 aromatic carbocycles. The Labute approximate surface area is 148 Å². The third-order valence-electron chi connectivity index (χ3n) is 3.48. The van der Waals surface area contributed by atoms with Crippen LogP contribution >= 0.6 is 0 Å². The molecule has 6 heteroatoms. The van der Waals surface area contributed by atoms with Crippen molar-refractivity contribution >= 4 is 27.7 Å². The molecule has 0 saturated carbocycles. The Morgan fingerprint density at radius 3 is 2.28 bits per heavy atom. The molecule has 0 radical (unpaired) electrons. The largest absolute Gasteiger partial charge is 0.323 e. The predicted molar refractivity (Wildman–Crippen MR) is 101 cm³/mol. The molecule has 2 aromatic rings. The van der Waals surface area contributed by atoms with E-state index in [1.165, 1.54) is 18.2 Å². The van der Waals surface area contributed by atoms with E-state index >= 15 is 0 Å². The summed E-state index contributed by atoms with van der Waals surface area (Å²) in [6.45, 7) is 4.29. The smallest absolute Gasteiger partial charge is 0.248 e. The van der Waals surface area contributed by atoms with E-state index in [1.807, 2.05) is 38.1 Å². The maximum absolute atomic E-state index is 12.0. The van der Waals surface area contributed by atoms with Gasteiger partial charge in [-0.1, -0.05) is 36.8 Å². The fourth-order valence-corrected chi connectivity index (χ4v) is 3.20. The molecule has 0 atom stereocenters. The van der Waals surface area contributed by atoms with Crippen LogP contribution in [0.3, 0.4) is 0 Å². The second kappa shape index (κ2) is 8.60. The van der Waals surface area contributed by atoms with E-state index in [1.54, 1.807) is 18.2 Å². The van der Waals surface area contributed by atoms with Crippen LogP contribution in [0.25, 0.3) is 6.08 Å². The lowest BCUT2D eigenvalue weighted by molar-refractivity contribution is -0.111. The Morgan fingerprint density at radius 2 is 1.68 bits per heavy atom. The van der Waals surface area contributed by atoms with Crippen LogP contribution in [0.4, 0.5) is 5.69 Å². The fourth-order valence-electron chi connectivity index (χ4n) is 2.07. The highest BCUT2D eigenvalue weighted by Crippen LogP contribution is 2.14. The number of rotatable bonds is 7. The van der Waals surface area contributed by atoms with Gasteiger partial charge in [0, 0.05) is 18.3 Å². The van der Waals surface area contributed by atoms with Gasteiger partial charge in [0.25, 0.3) is 0 Å². The van der Waals surface area contributed by atoms with Gasteiger partial charge in [-0.05, 0) is 49.2 Å². The topological polar surface area (TPSA) is 75.3 Å². The molecular weight excluding hydrogens is 336 g/mol. The van der Waals surface area contributed by atoms with E-state index in [0.717, 1.165) is 17.5 Å². The number of anilines is 1. The van der Waals surface area contributed by atoms with Gasteiger partial charge in [0.05, 0.1) is 4.90 Å². The van der Waals surface area contributed by atoms with Crippen molar-refractivity contribution in [2.45, 2.75) is 25.2 Å². The van der Waals surface area contributed by atoms with Gasteiger partial charge in [-0.3, -0.25) is 4.79 Å². The first-order valence-electron chi connectivity index (χ1n) is 8.06. The molecule has 0 fully saturated rings. The van der Waals surface area contributed by atoms with Gasteiger partial charge in [-0.2, -0.15) is 0 Å². The van der Waals surface area contributed by atoms with Crippen LogP contribution in [-0.2, 0) is 14.8 Å². The van der Waals surface area contributed by atoms with Crippen molar-refractivity contribution in [1.29, 1.82) is 0 Å². The monoisotopic (exact) mass is 358 g/mol. The first-order valence-corrected chi connectivity index (χ1v) is 9.54. The molecular formula is C19H22N2O3S. The first kappa shape index (κ1) is 18.9. The fraction of sp³-hybridized carbons (Fsp3) is 0.211. The number of sulfonamides is 1. The summed E-state index contributed by atoms with van der Waals surface area (Å²) in [6.07, 6.45) is 3.89. The lowest BCUT2D eigenvalue weighted by Gasteiger charge is -2.07. The first-order chi connectivity index (χ1) is 11.9. The van der Waals surface area contributed by atoms with Crippen LogP contribution in [0.15, 0.2) is 59.5 Å². The SMILES string of the molecule is CCCNS(=O)(=O)c1ccc(NC(=O)C=Cc2ccc(C)cc2)cc1. The van der Waals surface area contributed by atoms with Crippen molar-refractivity contribution in [2.75, 3.05) is 11.9 Å². The minimum absolute atomic E-state index is 0.175. The second-order valence-electron chi connectivity index (χ2n) is 5.66. The standard InChI is InChI=1S/C19H22N2O3S/c1-3-14-20-25(23,24)18-11-9-17(10-12-18)21-19(22)13-8-16-6-4-15(2)5-7-16/h4-13,20H,3,14H2,1-2H3,(H,21,22). The Bertz CT molecular complexity index is 839. The molecule has 0 saturated heterocycles. The number of aryl methyl sites for hydroxylation is 1. The second-order valence-corrected chi connectivity index (χ2v) is 7.42. The Morgan fingerprint density at radius 1 is 1.04 bits per heavy atom. The van der Waals surface area contributed by atoms with Crippen molar-refractivity contribution in [3.05, 3.63) is 65.7 Å². The number of nitrogens with one attached hydrogen (secondary N) is 2. The molecule has 25 heavy (non-hydrogen) atoms. The van der Waals surface area contributed by atoms with Crippen molar-refractivity contribution in [3.8, 4) is 0 Å². The van der Waals surface area contributed by atoms with E-state index in [2.05, 4.69) is 10.0 Å². The molecule has 0 unspecified atom stereocenters. The van der Waals surface area contributed by atoms with E-state index in [-0.39, 0.29) is 10.8 Å². The average Bonchev–Trinajstić information content (AvgIpc) is 2.60. The highest BCUT2D eigenvalue weighted by Gasteiger charge is 2.12. The van der Waals surface area contributed by atoms with Crippen LogP contribution in [0.2, 0.25) is 0 Å². The molecule has 0 aliphatic carbocycles. The van der Waals surface area contributed by atoms with Crippen molar-refractivity contribution < 1.29 is 13.2 Å². The molecule has 2 N–H and O–H groups in total. The Balaban J connectivity index is 1.98. The number of hydrogen-bond donors (Lipinski definition) is 2. The third kappa shape index (κ3) is 5.85. The van der Waals surface area contributed by atoms with Crippen LogP contribution in [0.5, 0.6) is 0 Å². The summed E-state index contributed by atoms with van der Waals surface area (Å²) in [4.78, 5) is 12.1. The molecule has 1 amide bonds. The summed E-state index contributed by atoms with van der Waals surface area (Å²) in [5.41, 5.74) is 2.63. The highest BCUT2D eigenvalue weighted by atomic mass is 32.2. The zero-order valence-electron chi connectivity index (χ0n) is 14.3. The van der Waals surface area contributed by atoms with E-state index < -0.39 is 10.0 Å². The summed E-state index contributed by atoms with van der Waals surface area (Å²) in [5, 5.41) is 2.70. The lowest BCUT2D eigenvalue weighted by atomic mass is 10.1. The molecule has 2 rings (SSSR count). The lowest BCUT2D eigenvalue weighted by Crippen LogP contribution is -2.24. The van der Waals surface area contributed by atoms with E-state index in [4.69, 9.17) is 0 Å². The molecule has 0 aromatic heterocycles. The number of carbonyl (C=O) groups is 1. The van der Waals surface area contributed by atoms with Gasteiger partial charge in [-0.25, -0.2) is 13.1 Å². The summed E-state index contributed by atoms with van der Waals surface area (Å²) in [7, 11) is -3.49.